The summed E-state index contributed by atoms with van der Waals surface area (Å²) in [6, 6.07) is 26.3. The minimum Gasteiger partial charge on any atom is -0.334 e. The van der Waals surface area contributed by atoms with E-state index in [2.05, 4.69) is 48.5 Å². The van der Waals surface area contributed by atoms with Crippen molar-refractivity contribution in [1.29, 1.82) is 0 Å². The minimum atomic E-state index is -0.407. The molecule has 32 heavy (non-hydrogen) atoms. The van der Waals surface area contributed by atoms with Gasteiger partial charge in [-0.1, -0.05) is 102 Å². The van der Waals surface area contributed by atoms with Gasteiger partial charge in [-0.3, -0.25) is 9.59 Å². The fourth-order valence-corrected chi connectivity index (χ4v) is 6.82. The van der Waals surface area contributed by atoms with Crippen LogP contribution >= 0.6 is 23.5 Å². The maximum absolute atomic E-state index is 13.0. The molecule has 3 aromatic carbocycles. The molecule has 0 unspecified atom stereocenters. The Labute approximate surface area is 198 Å². The van der Waals surface area contributed by atoms with E-state index in [4.69, 9.17) is 0 Å². The van der Waals surface area contributed by atoms with Crippen LogP contribution in [0.1, 0.15) is 35.3 Å². The fraction of sp³-hybridized carbons (Fsp3) is 0.259. The predicted octanol–water partition coefficient (Wildman–Crippen LogP) is 6.72. The Morgan fingerprint density at radius 3 is 1.78 bits per heavy atom. The summed E-state index contributed by atoms with van der Waals surface area (Å²) in [6.45, 7) is 5.41. The van der Waals surface area contributed by atoms with Crippen molar-refractivity contribution in [2.45, 2.75) is 19.3 Å². The zero-order valence-electron chi connectivity index (χ0n) is 18.4. The molecule has 4 rings (SSSR count). The Morgan fingerprint density at radius 1 is 0.719 bits per heavy atom. The molecule has 0 spiro atoms. The highest BCUT2D eigenvalue weighted by molar-refractivity contribution is 8.14. The van der Waals surface area contributed by atoms with Gasteiger partial charge in [-0.05, 0) is 36.1 Å². The number of carbonyl (C=O) groups excluding carboxylic acids is 2. The number of carbonyl (C=O) groups is 2. The Bertz CT molecular complexity index is 1060. The van der Waals surface area contributed by atoms with Crippen LogP contribution in [0.4, 0.5) is 4.79 Å². The van der Waals surface area contributed by atoms with Crippen LogP contribution in [0.15, 0.2) is 78.9 Å². The number of fused-ring (bicyclic) bond motifs is 3. The maximum Gasteiger partial charge on any atom is 0.281 e. The number of thioether (sulfide) groups is 2. The van der Waals surface area contributed by atoms with Gasteiger partial charge < -0.3 is 4.90 Å². The number of hydrogen-bond donors (Lipinski definition) is 0. The highest BCUT2D eigenvalue weighted by Crippen LogP contribution is 2.52. The molecule has 1 amide bonds. The van der Waals surface area contributed by atoms with Crippen molar-refractivity contribution in [3.63, 3.8) is 0 Å². The van der Waals surface area contributed by atoms with Crippen molar-refractivity contribution in [3.8, 4) is 11.1 Å². The third-order valence-corrected chi connectivity index (χ3v) is 8.38. The van der Waals surface area contributed by atoms with Crippen LogP contribution in [-0.4, -0.2) is 39.8 Å². The van der Waals surface area contributed by atoms with Gasteiger partial charge in [0.1, 0.15) is 0 Å². The summed E-state index contributed by atoms with van der Waals surface area (Å²) >= 11 is 2.71. The summed E-state index contributed by atoms with van der Waals surface area (Å²) < 4.78 is 0. The van der Waals surface area contributed by atoms with Gasteiger partial charge in [0.15, 0.2) is 0 Å². The Kier molecular flexibility index (Phi) is 7.07. The molecule has 0 heterocycles. The van der Waals surface area contributed by atoms with E-state index in [1.54, 1.807) is 0 Å². The van der Waals surface area contributed by atoms with Gasteiger partial charge in [0.2, 0.25) is 5.12 Å². The molecular formula is C27H27NO2S2. The minimum absolute atomic E-state index is 0.0620. The molecule has 1 aliphatic carbocycles. The summed E-state index contributed by atoms with van der Waals surface area (Å²) in [4.78, 5) is 27.7. The molecule has 0 radical (unpaired) electrons. The summed E-state index contributed by atoms with van der Waals surface area (Å²) in [5, 5.41) is 0.155. The van der Waals surface area contributed by atoms with Gasteiger partial charge in [0.25, 0.3) is 5.24 Å². The van der Waals surface area contributed by atoms with Crippen molar-refractivity contribution in [1.82, 2.24) is 4.90 Å². The van der Waals surface area contributed by atoms with Crippen molar-refractivity contribution in [2.24, 2.45) is 0 Å². The standard InChI is InChI=1S/C27H27NO2S2/c1-3-28(4-2)26(30)32-19-27(18-31-25(29)20-12-6-5-7-13-20)23-16-10-8-14-21(23)22-15-9-11-17-24(22)27/h5-17H,3-4,18-19H2,1-2H3. The second kappa shape index (κ2) is 9.97. The van der Waals surface area contributed by atoms with Crippen LogP contribution in [0.25, 0.3) is 11.1 Å². The highest BCUT2D eigenvalue weighted by Gasteiger charge is 2.44. The maximum atomic E-state index is 13.0. The Balaban J connectivity index is 1.71. The summed E-state index contributed by atoms with van der Waals surface area (Å²) in [5.41, 5.74) is 5.11. The highest BCUT2D eigenvalue weighted by atomic mass is 32.2. The normalized spacial score (nSPS) is 13.3. The smallest absolute Gasteiger partial charge is 0.281 e. The van der Waals surface area contributed by atoms with E-state index in [9.17, 15) is 9.59 Å². The molecule has 5 heteroatoms. The first-order valence-corrected chi connectivity index (χ1v) is 12.9. The van der Waals surface area contributed by atoms with Crippen molar-refractivity contribution in [3.05, 3.63) is 95.6 Å². The number of rotatable bonds is 7. The lowest BCUT2D eigenvalue weighted by Gasteiger charge is -2.32. The first kappa shape index (κ1) is 22.7. The third-order valence-electron chi connectivity index (χ3n) is 6.10. The first-order valence-electron chi connectivity index (χ1n) is 10.9. The van der Waals surface area contributed by atoms with Crippen LogP contribution in [0.2, 0.25) is 0 Å². The predicted molar refractivity (Wildman–Crippen MR) is 137 cm³/mol. The fourth-order valence-electron chi connectivity index (χ4n) is 4.37. The Morgan fingerprint density at radius 2 is 1.22 bits per heavy atom. The second-order valence-electron chi connectivity index (χ2n) is 7.84. The lowest BCUT2D eigenvalue weighted by molar-refractivity contribution is 0.108. The summed E-state index contributed by atoms with van der Waals surface area (Å²) in [5.74, 6) is 1.19. The molecule has 3 aromatic rings. The topological polar surface area (TPSA) is 37.4 Å². The molecule has 164 valence electrons. The average molecular weight is 462 g/mol. The van der Waals surface area contributed by atoms with Crippen LogP contribution < -0.4 is 0 Å². The molecular weight excluding hydrogens is 434 g/mol. The van der Waals surface area contributed by atoms with Gasteiger partial charge in [-0.25, -0.2) is 0 Å². The number of amides is 1. The van der Waals surface area contributed by atoms with Gasteiger partial charge in [-0.2, -0.15) is 0 Å². The quantitative estimate of drug-likeness (QED) is 0.391. The van der Waals surface area contributed by atoms with Crippen LogP contribution in [0, 0.1) is 0 Å². The van der Waals surface area contributed by atoms with Crippen molar-refractivity contribution < 1.29 is 9.59 Å². The molecule has 0 atom stereocenters. The second-order valence-corrected chi connectivity index (χ2v) is 9.72. The van der Waals surface area contributed by atoms with E-state index in [0.29, 0.717) is 30.2 Å². The molecule has 0 aliphatic heterocycles. The zero-order chi connectivity index (χ0) is 22.6. The third kappa shape index (κ3) is 4.24. The van der Waals surface area contributed by atoms with E-state index in [-0.39, 0.29) is 10.4 Å². The molecule has 3 nitrogen and oxygen atoms in total. The largest absolute Gasteiger partial charge is 0.334 e. The molecule has 0 fully saturated rings. The van der Waals surface area contributed by atoms with E-state index in [1.807, 2.05) is 49.1 Å². The molecule has 1 aliphatic rings. The van der Waals surface area contributed by atoms with Crippen LogP contribution in [0.5, 0.6) is 0 Å². The summed E-state index contributed by atoms with van der Waals surface area (Å²) in [6.07, 6.45) is 0. The van der Waals surface area contributed by atoms with E-state index in [1.165, 1.54) is 45.8 Å². The summed E-state index contributed by atoms with van der Waals surface area (Å²) in [7, 11) is 0. The van der Waals surface area contributed by atoms with Gasteiger partial charge >= 0.3 is 0 Å². The van der Waals surface area contributed by atoms with Gasteiger partial charge in [-0.15, -0.1) is 0 Å². The number of hydrogen-bond acceptors (Lipinski definition) is 4. The SMILES string of the molecule is CCN(CC)C(=O)SCC1(CSC(=O)c2ccccc2)c2ccccc2-c2ccccc21. The van der Waals surface area contributed by atoms with E-state index < -0.39 is 5.41 Å². The van der Waals surface area contributed by atoms with Crippen LogP contribution in [0.3, 0.4) is 0 Å². The van der Waals surface area contributed by atoms with E-state index >= 15 is 0 Å². The van der Waals surface area contributed by atoms with Crippen molar-refractivity contribution in [2.75, 3.05) is 24.6 Å². The molecule has 0 aromatic heterocycles. The Hall–Kier alpha value is -2.50. The lowest BCUT2D eigenvalue weighted by atomic mass is 9.82. The molecule has 0 saturated heterocycles. The molecule has 0 N–H and O–H groups in total. The zero-order valence-corrected chi connectivity index (χ0v) is 20.0. The van der Waals surface area contributed by atoms with Gasteiger partial charge in [0.05, 0.1) is 0 Å². The number of nitrogens with zero attached hydrogens (tertiary/aromatic N) is 1. The van der Waals surface area contributed by atoms with E-state index in [0.717, 1.165) is 0 Å². The average Bonchev–Trinajstić information content (AvgIpc) is 3.13. The van der Waals surface area contributed by atoms with Crippen molar-refractivity contribution >= 4 is 33.9 Å². The number of benzene rings is 3. The molecule has 0 saturated carbocycles. The first-order chi connectivity index (χ1) is 15.6. The molecule has 0 bridgehead atoms. The van der Waals surface area contributed by atoms with Crippen LogP contribution in [-0.2, 0) is 5.41 Å². The lowest BCUT2D eigenvalue weighted by Crippen LogP contribution is -2.35. The van der Waals surface area contributed by atoms with Gasteiger partial charge in [0, 0.05) is 35.6 Å². The monoisotopic (exact) mass is 461 g/mol.